The van der Waals surface area contributed by atoms with Gasteiger partial charge in [0.15, 0.2) is 5.82 Å². The number of benzene rings is 1. The molecule has 0 N–H and O–H groups in total. The molecule has 0 unspecified atom stereocenters. The Morgan fingerprint density at radius 1 is 1.00 bits per heavy atom. The second kappa shape index (κ2) is 11.4. The van der Waals surface area contributed by atoms with Crippen LogP contribution in [0.4, 0.5) is 4.79 Å². The molecular formula is C29H34N8O3. The van der Waals surface area contributed by atoms with Crippen molar-refractivity contribution < 1.29 is 9.53 Å². The van der Waals surface area contributed by atoms with Gasteiger partial charge in [0.2, 0.25) is 5.43 Å². The van der Waals surface area contributed by atoms with E-state index in [9.17, 15) is 9.59 Å². The topological polar surface area (TPSA) is 111 Å². The number of aromatic nitrogens is 6. The lowest BCUT2D eigenvalue weighted by Gasteiger charge is -2.35. The fourth-order valence-electron chi connectivity index (χ4n) is 4.51. The molecule has 1 aliphatic rings. The summed E-state index contributed by atoms with van der Waals surface area (Å²) in [5, 5.41) is 8.71. The summed E-state index contributed by atoms with van der Waals surface area (Å²) in [7, 11) is 1.84. The van der Waals surface area contributed by atoms with Crippen molar-refractivity contribution in [3.63, 3.8) is 0 Å². The van der Waals surface area contributed by atoms with Gasteiger partial charge in [-0.05, 0) is 32.4 Å². The van der Waals surface area contributed by atoms with Crippen molar-refractivity contribution in [2.75, 3.05) is 26.2 Å². The van der Waals surface area contributed by atoms with Gasteiger partial charge in [0.05, 0.1) is 12.4 Å². The molecule has 5 rings (SSSR count). The number of amides is 1. The predicted octanol–water partition coefficient (Wildman–Crippen LogP) is 3.07. The first-order valence-corrected chi connectivity index (χ1v) is 13.3. The smallest absolute Gasteiger partial charge is 0.410 e. The normalized spacial score (nSPS) is 14.3. The lowest BCUT2D eigenvalue weighted by molar-refractivity contribution is 0.0139. The largest absolute Gasteiger partial charge is 0.444 e. The Hall–Kier alpha value is -4.38. The van der Waals surface area contributed by atoms with Crippen LogP contribution in [0.5, 0.6) is 0 Å². The Balaban J connectivity index is 1.21. The highest BCUT2D eigenvalue weighted by Crippen LogP contribution is 2.19. The van der Waals surface area contributed by atoms with E-state index in [1.54, 1.807) is 26.7 Å². The Labute approximate surface area is 233 Å². The number of carbonyl (C=O) groups excluding carboxylic acids is 1. The van der Waals surface area contributed by atoms with Gasteiger partial charge in [-0.2, -0.15) is 10.2 Å². The number of aryl methyl sites for hydroxylation is 1. The second-order valence-electron chi connectivity index (χ2n) is 11.0. The van der Waals surface area contributed by atoms with Crippen LogP contribution in [-0.4, -0.2) is 77.2 Å². The van der Waals surface area contributed by atoms with Crippen molar-refractivity contribution in [3.05, 3.63) is 88.4 Å². The maximum Gasteiger partial charge on any atom is 0.410 e. The fraction of sp³-hybridized carbons (Fsp3) is 0.379. The minimum atomic E-state index is -0.493. The van der Waals surface area contributed by atoms with Crippen molar-refractivity contribution in [2.45, 2.75) is 39.3 Å². The van der Waals surface area contributed by atoms with Gasteiger partial charge in [0, 0.05) is 82.0 Å². The summed E-state index contributed by atoms with van der Waals surface area (Å²) >= 11 is 0. The van der Waals surface area contributed by atoms with Crippen LogP contribution in [0.2, 0.25) is 0 Å². The van der Waals surface area contributed by atoms with Crippen molar-refractivity contribution in [3.8, 4) is 17.1 Å². The van der Waals surface area contributed by atoms with Crippen molar-refractivity contribution in [1.82, 2.24) is 39.3 Å². The summed E-state index contributed by atoms with van der Waals surface area (Å²) in [6, 6.07) is 9.39. The van der Waals surface area contributed by atoms with Gasteiger partial charge < -0.3 is 9.64 Å². The molecule has 1 aliphatic heterocycles. The molecule has 1 aromatic carbocycles. The standard InChI is InChI=1S/C29H34N8O3/c1-29(2,3)40-28(39)36-12-10-35(11-13-36)19-22-16-30-27(31-17-22)23-7-5-6-21(14-23)15-25-26(38)8-9-37(33-25)24-18-32-34(4)20-24/h5-9,14,16-18,20H,10-13,15,19H2,1-4H3. The van der Waals surface area contributed by atoms with Crippen LogP contribution in [0.25, 0.3) is 17.1 Å². The average molecular weight is 543 g/mol. The molecule has 4 heterocycles. The van der Waals surface area contributed by atoms with Crippen molar-refractivity contribution in [1.29, 1.82) is 0 Å². The highest BCUT2D eigenvalue weighted by Gasteiger charge is 2.26. The lowest BCUT2D eigenvalue weighted by atomic mass is 10.1. The zero-order valence-corrected chi connectivity index (χ0v) is 23.3. The molecule has 0 atom stereocenters. The fourth-order valence-corrected chi connectivity index (χ4v) is 4.51. The third kappa shape index (κ3) is 6.78. The van der Waals surface area contributed by atoms with Gasteiger partial charge in [0.1, 0.15) is 17.0 Å². The van der Waals surface area contributed by atoms with Crippen LogP contribution in [0.15, 0.2) is 66.1 Å². The molecule has 1 amide bonds. The first-order chi connectivity index (χ1) is 19.1. The van der Waals surface area contributed by atoms with Gasteiger partial charge >= 0.3 is 6.09 Å². The number of piperazine rings is 1. The molecule has 3 aromatic heterocycles. The first-order valence-electron chi connectivity index (χ1n) is 13.3. The number of carbonyl (C=O) groups is 1. The van der Waals surface area contributed by atoms with E-state index in [1.165, 1.54) is 6.07 Å². The van der Waals surface area contributed by atoms with Gasteiger partial charge in [-0.25, -0.2) is 19.4 Å². The minimum absolute atomic E-state index is 0.113. The molecular weight excluding hydrogens is 508 g/mol. The lowest BCUT2D eigenvalue weighted by Crippen LogP contribution is -2.49. The Bertz CT molecular complexity index is 1530. The maximum absolute atomic E-state index is 12.5. The van der Waals surface area contributed by atoms with Crippen LogP contribution in [0.1, 0.15) is 37.6 Å². The van der Waals surface area contributed by atoms with Crippen LogP contribution < -0.4 is 5.43 Å². The molecule has 0 radical (unpaired) electrons. The zero-order valence-electron chi connectivity index (χ0n) is 23.3. The second-order valence-corrected chi connectivity index (χ2v) is 11.0. The van der Waals surface area contributed by atoms with Gasteiger partial charge in [0.25, 0.3) is 0 Å². The summed E-state index contributed by atoms with van der Waals surface area (Å²) in [6.45, 7) is 9.13. The molecule has 1 fully saturated rings. The quantitative estimate of drug-likeness (QED) is 0.366. The molecule has 0 saturated carbocycles. The summed E-state index contributed by atoms with van der Waals surface area (Å²) in [5.41, 5.74) is 3.46. The summed E-state index contributed by atoms with van der Waals surface area (Å²) in [5.74, 6) is 0.620. The van der Waals surface area contributed by atoms with E-state index in [4.69, 9.17) is 4.74 Å². The Morgan fingerprint density at radius 3 is 2.42 bits per heavy atom. The first kappa shape index (κ1) is 27.2. The molecule has 208 valence electrons. The van der Waals surface area contributed by atoms with Crippen molar-refractivity contribution in [2.24, 2.45) is 7.05 Å². The van der Waals surface area contributed by atoms with E-state index in [1.807, 2.05) is 70.7 Å². The van der Waals surface area contributed by atoms with Gasteiger partial charge in [-0.15, -0.1) is 0 Å². The van der Waals surface area contributed by atoms with Crippen LogP contribution in [0.3, 0.4) is 0 Å². The SMILES string of the molecule is Cn1cc(-n2ccc(=O)c(Cc3cccc(-c4ncc(CN5CCN(C(=O)OC(C)(C)C)CC5)cn4)c3)n2)cn1. The molecule has 11 heteroatoms. The Kier molecular flexibility index (Phi) is 7.74. The molecule has 0 bridgehead atoms. The maximum atomic E-state index is 12.5. The number of nitrogens with zero attached hydrogens (tertiary/aromatic N) is 8. The number of hydrogen-bond acceptors (Lipinski definition) is 8. The van der Waals surface area contributed by atoms with E-state index in [2.05, 4.69) is 25.1 Å². The highest BCUT2D eigenvalue weighted by molar-refractivity contribution is 5.68. The van der Waals surface area contributed by atoms with Crippen LogP contribution in [-0.2, 0) is 24.8 Å². The van der Waals surface area contributed by atoms with E-state index >= 15 is 0 Å². The average Bonchev–Trinajstić information content (AvgIpc) is 3.36. The highest BCUT2D eigenvalue weighted by atomic mass is 16.6. The molecule has 0 aliphatic carbocycles. The summed E-state index contributed by atoms with van der Waals surface area (Å²) in [4.78, 5) is 38.1. The number of rotatable bonds is 6. The molecule has 0 spiro atoms. The molecule has 1 saturated heterocycles. The number of ether oxygens (including phenoxy) is 1. The predicted molar refractivity (Wildman–Crippen MR) is 150 cm³/mol. The zero-order chi connectivity index (χ0) is 28.3. The Morgan fingerprint density at radius 2 is 1.75 bits per heavy atom. The molecule has 11 nitrogen and oxygen atoms in total. The van der Waals surface area contributed by atoms with E-state index in [0.717, 1.165) is 35.5 Å². The van der Waals surface area contributed by atoms with E-state index < -0.39 is 5.60 Å². The third-order valence-electron chi connectivity index (χ3n) is 6.53. The summed E-state index contributed by atoms with van der Waals surface area (Å²) in [6.07, 6.45) is 9.02. The van der Waals surface area contributed by atoms with E-state index in [-0.39, 0.29) is 11.5 Å². The monoisotopic (exact) mass is 542 g/mol. The van der Waals surface area contributed by atoms with Crippen LogP contribution in [0, 0.1) is 0 Å². The van der Waals surface area contributed by atoms with E-state index in [0.29, 0.717) is 37.6 Å². The van der Waals surface area contributed by atoms with Gasteiger partial charge in [-0.3, -0.25) is 14.4 Å². The van der Waals surface area contributed by atoms with Crippen LogP contribution >= 0.6 is 0 Å². The van der Waals surface area contributed by atoms with Crippen molar-refractivity contribution >= 4 is 6.09 Å². The molecule has 4 aromatic rings. The number of hydrogen-bond donors (Lipinski definition) is 0. The third-order valence-corrected chi connectivity index (χ3v) is 6.53. The van der Waals surface area contributed by atoms with Gasteiger partial charge in [-0.1, -0.05) is 18.2 Å². The molecule has 40 heavy (non-hydrogen) atoms. The summed E-state index contributed by atoms with van der Waals surface area (Å²) < 4.78 is 8.83. The minimum Gasteiger partial charge on any atom is -0.444 e.